The van der Waals surface area contributed by atoms with Crippen LogP contribution in [0.2, 0.25) is 0 Å². The number of rotatable bonds is 8. The minimum atomic E-state index is -2.58. The molecule has 1 amide bonds. The first-order valence-corrected chi connectivity index (χ1v) is 9.55. The summed E-state index contributed by atoms with van der Waals surface area (Å²) < 4.78 is 31.7. The Morgan fingerprint density at radius 1 is 1.23 bits per heavy atom. The van der Waals surface area contributed by atoms with Gasteiger partial charge in [0.15, 0.2) is 5.82 Å². The molecule has 10 heteroatoms. The van der Waals surface area contributed by atoms with Crippen LogP contribution in [0.1, 0.15) is 53.5 Å². The second-order valence-corrected chi connectivity index (χ2v) is 7.04. The average molecular weight is 414 g/mol. The van der Waals surface area contributed by atoms with E-state index in [2.05, 4.69) is 25.4 Å². The molecule has 0 radical (unpaired) electrons. The molecule has 30 heavy (non-hydrogen) atoms. The second kappa shape index (κ2) is 8.52. The molecule has 4 rings (SSSR count). The molecule has 1 aliphatic carbocycles. The quantitative estimate of drug-likeness (QED) is 0.609. The predicted octanol–water partition coefficient (Wildman–Crippen LogP) is 3.07. The molecular formula is C20H20F2N6O2. The Bertz CT molecular complexity index is 1020. The predicted molar refractivity (Wildman–Crippen MR) is 103 cm³/mol. The molecule has 156 valence electrons. The van der Waals surface area contributed by atoms with Gasteiger partial charge in [-0.1, -0.05) is 0 Å². The fourth-order valence-electron chi connectivity index (χ4n) is 3.09. The topological polar surface area (TPSA) is 94.8 Å². The molecule has 2 aromatic heterocycles. The normalized spacial score (nSPS) is 14.5. The number of carbonyl (C=O) groups is 1. The van der Waals surface area contributed by atoms with Crippen molar-refractivity contribution in [1.82, 2.24) is 30.0 Å². The number of amides is 1. The van der Waals surface area contributed by atoms with E-state index >= 15 is 0 Å². The van der Waals surface area contributed by atoms with E-state index in [0.29, 0.717) is 23.3 Å². The van der Waals surface area contributed by atoms with Gasteiger partial charge in [-0.05, 0) is 55.5 Å². The lowest BCUT2D eigenvalue weighted by Gasteiger charge is -2.15. The number of benzene rings is 1. The van der Waals surface area contributed by atoms with Gasteiger partial charge in [-0.2, -0.15) is 9.78 Å². The van der Waals surface area contributed by atoms with Crippen molar-refractivity contribution >= 4 is 5.91 Å². The lowest BCUT2D eigenvalue weighted by molar-refractivity contribution is 0.0817. The summed E-state index contributed by atoms with van der Waals surface area (Å²) in [6, 6.07) is 6.16. The molecular weight excluding hydrogens is 394 g/mol. The second-order valence-electron chi connectivity index (χ2n) is 7.04. The van der Waals surface area contributed by atoms with E-state index in [1.807, 2.05) is 0 Å². The third-order valence-corrected chi connectivity index (χ3v) is 4.67. The molecule has 1 fully saturated rings. The smallest absolute Gasteiger partial charge is 0.272 e. The number of hydrogen-bond acceptors (Lipinski definition) is 6. The van der Waals surface area contributed by atoms with Gasteiger partial charge < -0.3 is 10.1 Å². The van der Waals surface area contributed by atoms with Crippen molar-refractivity contribution in [2.24, 2.45) is 0 Å². The third kappa shape index (κ3) is 4.58. The highest BCUT2D eigenvalue weighted by Crippen LogP contribution is 2.41. The highest BCUT2D eigenvalue weighted by Gasteiger charge is 2.26. The Kier molecular flexibility index (Phi) is 5.64. The molecule has 0 saturated heterocycles. The van der Waals surface area contributed by atoms with Crippen molar-refractivity contribution in [2.75, 3.05) is 6.61 Å². The minimum Gasteiger partial charge on any atom is -0.488 e. The van der Waals surface area contributed by atoms with Crippen molar-refractivity contribution in [3.63, 3.8) is 0 Å². The summed E-state index contributed by atoms with van der Waals surface area (Å²) in [6.45, 7) is 1.05. The van der Waals surface area contributed by atoms with E-state index in [-0.39, 0.29) is 11.7 Å². The van der Waals surface area contributed by atoms with Gasteiger partial charge in [0.2, 0.25) is 0 Å². The van der Waals surface area contributed by atoms with Crippen LogP contribution >= 0.6 is 0 Å². The summed E-state index contributed by atoms with van der Waals surface area (Å²) in [5.41, 5.74) is 1.26. The van der Waals surface area contributed by atoms with Crippen LogP contribution in [0, 0.1) is 0 Å². The van der Waals surface area contributed by atoms with Gasteiger partial charge in [-0.25, -0.2) is 23.7 Å². The summed E-state index contributed by atoms with van der Waals surface area (Å²) in [7, 11) is 0. The Hall–Kier alpha value is -3.43. The molecule has 0 bridgehead atoms. The molecule has 0 aliphatic heterocycles. The Labute approximate surface area is 171 Å². The number of hydrogen-bond donors (Lipinski definition) is 1. The first-order valence-electron chi connectivity index (χ1n) is 9.55. The zero-order chi connectivity index (χ0) is 21.1. The Balaban J connectivity index is 1.53. The van der Waals surface area contributed by atoms with Crippen LogP contribution in [0.25, 0.3) is 5.95 Å². The summed E-state index contributed by atoms with van der Waals surface area (Å²) in [5, 5.41) is 6.99. The number of halogens is 2. The van der Waals surface area contributed by atoms with Crippen molar-refractivity contribution in [3.05, 3.63) is 59.9 Å². The van der Waals surface area contributed by atoms with Gasteiger partial charge in [0.1, 0.15) is 18.7 Å². The van der Waals surface area contributed by atoms with Gasteiger partial charge in [0.25, 0.3) is 18.3 Å². The summed E-state index contributed by atoms with van der Waals surface area (Å²) in [5.74, 6) is 1.03. The van der Waals surface area contributed by atoms with Crippen molar-refractivity contribution in [1.29, 1.82) is 0 Å². The summed E-state index contributed by atoms with van der Waals surface area (Å²) >= 11 is 0. The first-order chi connectivity index (χ1) is 14.5. The molecule has 8 nitrogen and oxygen atoms in total. The molecule has 2 heterocycles. The zero-order valence-electron chi connectivity index (χ0n) is 16.2. The maximum Gasteiger partial charge on any atom is 0.272 e. The average Bonchev–Trinajstić information content (AvgIpc) is 3.48. The third-order valence-electron chi connectivity index (χ3n) is 4.67. The van der Waals surface area contributed by atoms with Gasteiger partial charge >= 0.3 is 0 Å². The Morgan fingerprint density at radius 3 is 2.70 bits per heavy atom. The van der Waals surface area contributed by atoms with Crippen LogP contribution < -0.4 is 10.1 Å². The van der Waals surface area contributed by atoms with E-state index in [9.17, 15) is 13.6 Å². The number of carbonyl (C=O) groups excluding carboxylic acids is 1. The van der Waals surface area contributed by atoms with E-state index < -0.39 is 19.1 Å². The molecule has 1 aromatic carbocycles. The SMILES string of the molecule is CC(NC(=O)c1cc(OCC(F)F)cc(C2CC2)c1)c1ncnn1-c1ncccn1. The van der Waals surface area contributed by atoms with Crippen LogP contribution in [0.3, 0.4) is 0 Å². The van der Waals surface area contributed by atoms with Crippen molar-refractivity contribution < 1.29 is 18.3 Å². The summed E-state index contributed by atoms with van der Waals surface area (Å²) in [4.78, 5) is 25.4. The van der Waals surface area contributed by atoms with Crippen LogP contribution in [-0.2, 0) is 0 Å². The summed E-state index contributed by atoms with van der Waals surface area (Å²) in [6.07, 6.45) is 3.96. The Morgan fingerprint density at radius 2 is 2.00 bits per heavy atom. The van der Waals surface area contributed by atoms with E-state index in [4.69, 9.17) is 4.74 Å². The fraction of sp³-hybridized carbons (Fsp3) is 0.350. The molecule has 1 atom stereocenters. The number of ether oxygens (including phenoxy) is 1. The molecule has 1 N–H and O–H groups in total. The lowest BCUT2D eigenvalue weighted by atomic mass is 10.1. The van der Waals surface area contributed by atoms with Crippen molar-refractivity contribution in [2.45, 2.75) is 38.2 Å². The van der Waals surface area contributed by atoms with Gasteiger partial charge in [-0.3, -0.25) is 4.79 Å². The number of aromatic nitrogens is 5. The van der Waals surface area contributed by atoms with Gasteiger partial charge in [0, 0.05) is 18.0 Å². The van der Waals surface area contributed by atoms with Gasteiger partial charge in [-0.15, -0.1) is 0 Å². The lowest BCUT2D eigenvalue weighted by Crippen LogP contribution is -2.29. The molecule has 1 unspecified atom stereocenters. The van der Waals surface area contributed by atoms with Crippen LogP contribution in [0.15, 0.2) is 43.0 Å². The van der Waals surface area contributed by atoms with Crippen LogP contribution in [0.4, 0.5) is 8.78 Å². The maximum absolute atomic E-state index is 12.9. The zero-order valence-corrected chi connectivity index (χ0v) is 16.2. The number of alkyl halides is 2. The maximum atomic E-state index is 12.9. The molecule has 3 aromatic rings. The number of nitrogens with one attached hydrogen (secondary N) is 1. The highest BCUT2D eigenvalue weighted by molar-refractivity contribution is 5.95. The van der Waals surface area contributed by atoms with E-state index in [0.717, 1.165) is 18.4 Å². The fourth-order valence-corrected chi connectivity index (χ4v) is 3.09. The van der Waals surface area contributed by atoms with Crippen molar-refractivity contribution in [3.8, 4) is 11.7 Å². The van der Waals surface area contributed by atoms with Crippen LogP contribution in [-0.4, -0.2) is 43.7 Å². The monoisotopic (exact) mass is 414 g/mol. The van der Waals surface area contributed by atoms with E-state index in [1.54, 1.807) is 37.5 Å². The van der Waals surface area contributed by atoms with E-state index in [1.165, 1.54) is 17.1 Å². The first kappa shape index (κ1) is 19.9. The standard InChI is InChI=1S/C20H20F2N6O2/c1-12(18-25-11-26-28(18)20-23-5-2-6-24-20)27-19(29)15-7-14(13-3-4-13)8-16(9-15)30-10-17(21)22/h2,5-9,11-13,17H,3-4,10H2,1H3,(H,27,29). The van der Waals surface area contributed by atoms with Gasteiger partial charge in [0.05, 0.1) is 6.04 Å². The molecule has 1 aliphatic rings. The van der Waals surface area contributed by atoms with Crippen LogP contribution in [0.5, 0.6) is 5.75 Å². The molecule has 1 saturated carbocycles. The largest absolute Gasteiger partial charge is 0.488 e. The minimum absolute atomic E-state index is 0.262. The molecule has 0 spiro atoms. The highest BCUT2D eigenvalue weighted by atomic mass is 19.3. The number of nitrogens with zero attached hydrogens (tertiary/aromatic N) is 5.